The van der Waals surface area contributed by atoms with Crippen LogP contribution in [0.15, 0.2) is 42.9 Å². The molecular weight excluding hydrogens is 372 g/mol. The number of piperidine rings is 1. The Balaban J connectivity index is 1.48. The molecule has 4 rings (SSSR count). The Morgan fingerprint density at radius 2 is 2.10 bits per heavy atom. The zero-order chi connectivity index (χ0) is 20.8. The van der Waals surface area contributed by atoms with Gasteiger partial charge in [-0.15, -0.1) is 0 Å². The van der Waals surface area contributed by atoms with E-state index in [4.69, 9.17) is 0 Å². The molecule has 1 fully saturated rings. The summed E-state index contributed by atoms with van der Waals surface area (Å²) < 4.78 is 0. The fourth-order valence-corrected chi connectivity index (χ4v) is 3.99. The highest BCUT2D eigenvalue weighted by Crippen LogP contribution is 2.30. The van der Waals surface area contributed by atoms with Crippen molar-refractivity contribution in [2.45, 2.75) is 32.2 Å². The predicted octanol–water partition coefficient (Wildman–Crippen LogP) is 4.23. The van der Waals surface area contributed by atoms with Crippen LogP contribution in [0.5, 0.6) is 0 Å². The molecular formula is C24H28N6. The number of fused-ring (bicyclic) bond motifs is 1. The molecule has 30 heavy (non-hydrogen) atoms. The molecule has 3 aromatic rings. The van der Waals surface area contributed by atoms with E-state index >= 15 is 0 Å². The van der Waals surface area contributed by atoms with Crippen molar-refractivity contribution in [3.05, 3.63) is 59.6 Å². The van der Waals surface area contributed by atoms with Crippen molar-refractivity contribution in [3.8, 4) is 6.07 Å². The maximum atomic E-state index is 9.61. The quantitative estimate of drug-likeness (QED) is 0.446. The van der Waals surface area contributed by atoms with Crippen LogP contribution in [0.1, 0.15) is 36.0 Å². The van der Waals surface area contributed by atoms with Crippen LogP contribution >= 0.6 is 0 Å². The molecule has 0 aliphatic carbocycles. The zero-order valence-corrected chi connectivity index (χ0v) is 17.3. The number of aromatic amines is 1. The van der Waals surface area contributed by atoms with Crippen LogP contribution in [-0.4, -0.2) is 35.6 Å². The van der Waals surface area contributed by atoms with Crippen molar-refractivity contribution < 1.29 is 0 Å². The first-order valence-electron chi connectivity index (χ1n) is 10.6. The number of benzene rings is 1. The lowest BCUT2D eigenvalue weighted by molar-refractivity contribution is 0.390. The average molecular weight is 401 g/mol. The number of nitriles is 1. The number of anilines is 2. The number of rotatable bonds is 7. The molecule has 6 heteroatoms. The number of H-pyrrole nitrogens is 1. The summed E-state index contributed by atoms with van der Waals surface area (Å²) in [7, 11) is 0. The minimum Gasteiger partial charge on any atom is -0.361 e. The molecule has 0 bridgehead atoms. The fraction of sp³-hybridized carbons (Fsp3) is 0.333. The Bertz CT molecular complexity index is 1070. The van der Waals surface area contributed by atoms with Gasteiger partial charge in [-0.25, -0.2) is 0 Å². The number of pyridine rings is 1. The first kappa shape index (κ1) is 20.1. The van der Waals surface area contributed by atoms with Crippen molar-refractivity contribution in [1.29, 1.82) is 5.26 Å². The second-order valence-electron chi connectivity index (χ2n) is 7.73. The standard InChI is InChI=1S/C24H28N6/c1-17-21-9-13-29-23(21)6-5-22(17)30-24-18(15-27-16-19(24)14-25)4-2-3-10-28-20-7-11-26-12-8-20/h2,4-6,9,13,15-16,20,26,28-29H,3,7-8,10-12H2,1H3,(H,27,30)/b4-2+. The molecule has 0 saturated carbocycles. The first-order valence-corrected chi connectivity index (χ1v) is 10.6. The smallest absolute Gasteiger partial charge is 0.103 e. The number of nitrogens with one attached hydrogen (secondary N) is 4. The third kappa shape index (κ3) is 4.54. The van der Waals surface area contributed by atoms with Crippen LogP contribution < -0.4 is 16.0 Å². The topological polar surface area (TPSA) is 88.6 Å². The van der Waals surface area contributed by atoms with Gasteiger partial charge in [0.2, 0.25) is 0 Å². The molecule has 1 aliphatic rings. The summed E-state index contributed by atoms with van der Waals surface area (Å²) in [4.78, 5) is 7.49. The molecule has 0 amide bonds. The molecule has 4 N–H and O–H groups in total. The maximum absolute atomic E-state index is 9.61. The highest BCUT2D eigenvalue weighted by molar-refractivity contribution is 5.89. The van der Waals surface area contributed by atoms with Crippen LogP contribution in [0.3, 0.4) is 0 Å². The molecule has 6 nitrogen and oxygen atoms in total. The third-order valence-corrected chi connectivity index (χ3v) is 5.74. The van der Waals surface area contributed by atoms with Crippen molar-refractivity contribution in [2.24, 2.45) is 0 Å². The second-order valence-corrected chi connectivity index (χ2v) is 7.73. The van der Waals surface area contributed by atoms with Crippen molar-refractivity contribution in [1.82, 2.24) is 20.6 Å². The van der Waals surface area contributed by atoms with Gasteiger partial charge in [-0.3, -0.25) is 4.98 Å². The van der Waals surface area contributed by atoms with Gasteiger partial charge in [0.05, 0.1) is 11.3 Å². The Labute approximate surface area is 177 Å². The number of aromatic nitrogens is 2. The molecule has 0 spiro atoms. The van der Waals surface area contributed by atoms with Gasteiger partial charge in [-0.2, -0.15) is 5.26 Å². The number of aryl methyl sites for hydroxylation is 1. The number of hydrogen-bond acceptors (Lipinski definition) is 5. The molecule has 154 valence electrons. The lowest BCUT2D eigenvalue weighted by atomic mass is 10.1. The summed E-state index contributed by atoms with van der Waals surface area (Å²) in [5.74, 6) is 0. The Hall–Kier alpha value is -3.14. The van der Waals surface area contributed by atoms with Crippen molar-refractivity contribution >= 4 is 28.4 Å². The highest BCUT2D eigenvalue weighted by atomic mass is 15.0. The first-order chi connectivity index (χ1) is 14.8. The van der Waals surface area contributed by atoms with Crippen molar-refractivity contribution in [3.63, 3.8) is 0 Å². The Morgan fingerprint density at radius 1 is 1.23 bits per heavy atom. The lowest BCUT2D eigenvalue weighted by Gasteiger charge is -2.23. The molecule has 0 atom stereocenters. The summed E-state index contributed by atoms with van der Waals surface area (Å²) in [6.45, 7) is 5.25. The van der Waals surface area contributed by atoms with Gasteiger partial charge in [-0.1, -0.05) is 12.2 Å². The molecule has 1 aromatic carbocycles. The Kier molecular flexibility index (Phi) is 6.43. The van der Waals surface area contributed by atoms with E-state index in [1.54, 1.807) is 6.20 Å². The normalized spacial score (nSPS) is 14.9. The summed E-state index contributed by atoms with van der Waals surface area (Å²) in [6.07, 6.45) is 12.9. The van der Waals surface area contributed by atoms with E-state index in [0.717, 1.165) is 54.1 Å². The van der Waals surface area contributed by atoms with Crippen molar-refractivity contribution in [2.75, 3.05) is 25.0 Å². The van der Waals surface area contributed by atoms with Gasteiger partial charge in [-0.05, 0) is 69.6 Å². The summed E-state index contributed by atoms with van der Waals surface area (Å²) in [6, 6.07) is 9.06. The van der Waals surface area contributed by atoms with E-state index in [1.165, 1.54) is 18.2 Å². The van der Waals surface area contributed by atoms with Gasteiger partial charge < -0.3 is 20.9 Å². The molecule has 0 unspecified atom stereocenters. The SMILES string of the molecule is Cc1c(Nc2c(C#N)cncc2/C=C/CCNC2CCNCC2)ccc2[nH]ccc12. The number of hydrogen-bond donors (Lipinski definition) is 4. The van der Waals surface area contributed by atoms with Crippen LogP contribution in [0, 0.1) is 18.3 Å². The molecule has 1 saturated heterocycles. The van der Waals surface area contributed by atoms with Gasteiger partial charge >= 0.3 is 0 Å². The Morgan fingerprint density at radius 3 is 2.93 bits per heavy atom. The summed E-state index contributed by atoms with van der Waals surface area (Å²) in [5.41, 5.74) is 5.51. The number of nitrogens with zero attached hydrogens (tertiary/aromatic N) is 2. The average Bonchev–Trinajstić information content (AvgIpc) is 3.26. The highest BCUT2D eigenvalue weighted by Gasteiger charge is 2.12. The van der Waals surface area contributed by atoms with Gasteiger partial charge in [0.15, 0.2) is 0 Å². The van der Waals surface area contributed by atoms with E-state index in [0.29, 0.717) is 11.6 Å². The maximum Gasteiger partial charge on any atom is 0.103 e. The van der Waals surface area contributed by atoms with Gasteiger partial charge in [0.1, 0.15) is 6.07 Å². The van der Waals surface area contributed by atoms with Crippen LogP contribution in [0.4, 0.5) is 11.4 Å². The molecule has 2 aromatic heterocycles. The predicted molar refractivity (Wildman–Crippen MR) is 123 cm³/mol. The molecule has 3 heterocycles. The van der Waals surface area contributed by atoms with E-state index < -0.39 is 0 Å². The van der Waals surface area contributed by atoms with E-state index in [9.17, 15) is 5.26 Å². The van der Waals surface area contributed by atoms with Crippen LogP contribution in [0.2, 0.25) is 0 Å². The van der Waals surface area contributed by atoms with E-state index in [2.05, 4.69) is 63.2 Å². The summed E-state index contributed by atoms with van der Waals surface area (Å²) >= 11 is 0. The van der Waals surface area contributed by atoms with Crippen LogP contribution in [-0.2, 0) is 0 Å². The van der Waals surface area contributed by atoms with Gasteiger partial charge in [0, 0.05) is 46.8 Å². The molecule has 1 aliphatic heterocycles. The van der Waals surface area contributed by atoms with E-state index in [-0.39, 0.29) is 0 Å². The van der Waals surface area contributed by atoms with Crippen LogP contribution in [0.25, 0.3) is 17.0 Å². The monoisotopic (exact) mass is 400 g/mol. The largest absolute Gasteiger partial charge is 0.361 e. The molecule has 0 radical (unpaired) electrons. The fourth-order valence-electron chi connectivity index (χ4n) is 3.99. The second kappa shape index (κ2) is 9.57. The van der Waals surface area contributed by atoms with Gasteiger partial charge in [0.25, 0.3) is 0 Å². The zero-order valence-electron chi connectivity index (χ0n) is 17.3. The minimum atomic E-state index is 0.540. The summed E-state index contributed by atoms with van der Waals surface area (Å²) in [5, 5.41) is 21.3. The van der Waals surface area contributed by atoms with E-state index in [1.807, 2.05) is 18.5 Å². The minimum absolute atomic E-state index is 0.540. The lowest BCUT2D eigenvalue weighted by Crippen LogP contribution is -2.40. The third-order valence-electron chi connectivity index (χ3n) is 5.74.